The zero-order valence-electron chi connectivity index (χ0n) is 66.5. The molecule has 0 bridgehead atoms. The first-order valence-electron chi connectivity index (χ1n) is 37.5. The van der Waals surface area contributed by atoms with Gasteiger partial charge in [0.15, 0.2) is 0 Å². The Labute approximate surface area is 772 Å². The summed E-state index contributed by atoms with van der Waals surface area (Å²) < 4.78 is 113. The summed E-state index contributed by atoms with van der Waals surface area (Å²) in [5, 5.41) is 0. The number of carbonyl (C=O) groups excluding carboxylic acids is 14. The quantitative estimate of drug-likeness (QED) is 0.0215. The molecule has 0 aromatic heterocycles. The fourth-order valence-electron chi connectivity index (χ4n) is 9.48. The molecule has 0 amide bonds. The van der Waals surface area contributed by atoms with E-state index in [-0.39, 0.29) is 170 Å². The van der Waals surface area contributed by atoms with E-state index >= 15 is 0 Å². The van der Waals surface area contributed by atoms with Gasteiger partial charge in [0.1, 0.15) is 92.5 Å². The molecule has 0 fully saturated rings. The monoisotopic (exact) mass is 1960 g/mol. The van der Waals surface area contributed by atoms with E-state index in [0.29, 0.717) is 0 Å². The molecular weight excluding hydrogens is 1840 g/mol. The Morgan fingerprint density at radius 2 is 0.193 bits per heavy atom. The zero-order chi connectivity index (χ0) is 89.3. The smallest absolute Gasteiger partial charge is 0.306 e. The van der Waals surface area contributed by atoms with E-state index < -0.39 is 275 Å². The first kappa shape index (κ1) is 116. The van der Waals surface area contributed by atoms with Gasteiger partial charge in [-0.3, -0.25) is 67.1 Å². The average molecular weight is 1960 g/mol. The molecule has 0 aliphatic heterocycles. The third kappa shape index (κ3) is 55.5. The molecule has 0 saturated heterocycles. The first-order valence-corrected chi connectivity index (χ1v) is 46.4. The van der Waals surface area contributed by atoms with Gasteiger partial charge in [0.05, 0.1) is 188 Å². The van der Waals surface area contributed by atoms with Crippen LogP contribution in [0, 0.1) is 32.5 Å². The Balaban J connectivity index is 9.08. The molecule has 0 aliphatic rings. The van der Waals surface area contributed by atoms with Crippen molar-refractivity contribution in [2.75, 3.05) is 239 Å². The van der Waals surface area contributed by atoms with E-state index in [1.54, 1.807) is 0 Å². The van der Waals surface area contributed by atoms with Crippen LogP contribution in [0.5, 0.6) is 0 Å². The minimum atomic E-state index is -1.87. The second kappa shape index (κ2) is 70.4. The summed E-state index contributed by atoms with van der Waals surface area (Å²) in [5.74, 6) is -10.4. The van der Waals surface area contributed by atoms with Crippen LogP contribution in [-0.4, -0.2) is 323 Å². The van der Waals surface area contributed by atoms with Gasteiger partial charge in [0.25, 0.3) is 0 Å². The third-order valence-electron chi connectivity index (χ3n) is 16.1. The second-order valence-electron chi connectivity index (χ2n) is 27.3. The molecule has 0 heterocycles. The Morgan fingerprint density at radius 3 is 0.261 bits per heavy atom. The van der Waals surface area contributed by atoms with E-state index in [0.717, 1.165) is 0 Å². The summed E-state index contributed by atoms with van der Waals surface area (Å²) in [6.07, 6.45) is -2.96. The minimum Gasteiger partial charge on any atom is -0.465 e. The normalized spacial score (nSPS) is 11.8. The Bertz CT molecular complexity index is 2590. The number of thiol groups is 14. The Hall–Kier alpha value is -2.72. The summed E-state index contributed by atoms with van der Waals surface area (Å²) in [6, 6.07) is 0. The van der Waals surface area contributed by atoms with Crippen molar-refractivity contribution >= 4 is 260 Å². The van der Waals surface area contributed by atoms with Gasteiger partial charge >= 0.3 is 83.6 Å². The van der Waals surface area contributed by atoms with Gasteiger partial charge in [0, 0.05) is 80.5 Å². The van der Waals surface area contributed by atoms with Crippen LogP contribution in [0.3, 0.4) is 0 Å². The van der Waals surface area contributed by atoms with Crippen molar-refractivity contribution in [3.63, 3.8) is 0 Å². The standard InChI is InChI=1S/C72H118O33S14/c73-53(1-15-106)92-39-67(40-93-54(74)2-16-107,31-88-33-69(43-96-57(77)5-19-110,44-97-58(78)6-20-111)35-90-37-71(47-100-61(81)9-23-114,48-101-62(82)10-24-115)49-102-63(83)11-25-116)29-87-30-68(41-94-55(75)3-17-108,42-95-56(76)4-18-109)32-89-34-70(45-98-59(79)7-21-112,46-99-60(80)8-22-113)36-91-38-72(50-103-64(84)12-26-117,51-104-65(85)13-27-118)52-105-66(86)14-28-119/h106-119H,1-52H2. The molecular formula is C72H118O33S14. The predicted molar refractivity (Wildman–Crippen MR) is 481 cm³/mol. The largest absolute Gasteiger partial charge is 0.465 e. The summed E-state index contributed by atoms with van der Waals surface area (Å²) in [6.45, 7) is -15.4. The van der Waals surface area contributed by atoms with E-state index in [2.05, 4.69) is 177 Å². The van der Waals surface area contributed by atoms with Crippen LogP contribution in [0.2, 0.25) is 0 Å². The molecule has 0 radical (unpaired) electrons. The van der Waals surface area contributed by atoms with E-state index in [4.69, 9.17) is 90.0 Å². The number of hydrogen-bond donors (Lipinski definition) is 14. The van der Waals surface area contributed by atoms with Gasteiger partial charge in [-0.1, -0.05) is 0 Å². The maximum absolute atomic E-state index is 13.6. The predicted octanol–water partition coefficient (Wildman–Crippen LogP) is 5.07. The summed E-state index contributed by atoms with van der Waals surface area (Å²) in [4.78, 5) is 186. The lowest BCUT2D eigenvalue weighted by molar-refractivity contribution is -0.180. The highest BCUT2D eigenvalue weighted by atomic mass is 32.1. The molecule has 0 spiro atoms. The molecule has 0 N–H and O–H groups in total. The van der Waals surface area contributed by atoms with Crippen molar-refractivity contribution < 1.29 is 157 Å². The van der Waals surface area contributed by atoms with Crippen LogP contribution in [0.4, 0.5) is 0 Å². The second-order valence-corrected chi connectivity index (χ2v) is 33.6. The molecule has 0 atom stereocenters. The van der Waals surface area contributed by atoms with Crippen LogP contribution >= 0.6 is 177 Å². The van der Waals surface area contributed by atoms with Crippen molar-refractivity contribution in [1.82, 2.24) is 0 Å². The summed E-state index contributed by atoms with van der Waals surface area (Å²) in [5.41, 5.74) is -10.7. The lowest BCUT2D eigenvalue weighted by Gasteiger charge is -2.39. The molecule has 119 heavy (non-hydrogen) atoms. The van der Waals surface area contributed by atoms with Crippen LogP contribution < -0.4 is 0 Å². The highest BCUT2D eigenvalue weighted by molar-refractivity contribution is 7.82. The van der Waals surface area contributed by atoms with E-state index in [1.165, 1.54) is 0 Å². The van der Waals surface area contributed by atoms with Crippen LogP contribution in [0.15, 0.2) is 0 Å². The van der Waals surface area contributed by atoms with Gasteiger partial charge in [0.2, 0.25) is 0 Å². The lowest BCUT2D eigenvalue weighted by Crippen LogP contribution is -2.49. The van der Waals surface area contributed by atoms with E-state index in [1.807, 2.05) is 0 Å². The maximum atomic E-state index is 13.6. The fraction of sp³-hybridized carbons (Fsp3) is 0.806. The van der Waals surface area contributed by atoms with E-state index in [9.17, 15) is 67.1 Å². The average Bonchev–Trinajstić information content (AvgIpc) is 0.834. The number of carbonyl (C=O) groups is 14. The number of ether oxygens (including phenoxy) is 19. The molecule has 0 unspecified atom stereocenters. The Kier molecular flexibility index (Phi) is 68.8. The van der Waals surface area contributed by atoms with Crippen molar-refractivity contribution in [2.24, 2.45) is 32.5 Å². The SMILES string of the molecule is O=C(CCS)OCC(COCC(COCC(COCC(COC(=O)CCS)(COC(=O)CCS)COC(=O)CCS)(COC(=O)CCS)COC(=O)CCS)(COC(=O)CCS)COC(=O)CCS)(COCC(COCC(COC(=O)CCS)(COC(=O)CCS)COC(=O)CCS)(COC(=O)CCS)COC(=O)CCS)COC(=O)CCS. The molecule has 0 aromatic carbocycles. The highest BCUT2D eigenvalue weighted by Crippen LogP contribution is 2.33. The number of rotatable bonds is 76. The number of hydrogen-bond acceptors (Lipinski definition) is 47. The minimum absolute atomic E-state index is 0.00711. The number of esters is 14. The lowest BCUT2D eigenvalue weighted by atomic mass is 9.88. The zero-order valence-corrected chi connectivity index (χ0v) is 79.0. The Morgan fingerprint density at radius 1 is 0.126 bits per heavy atom. The molecule has 0 aromatic rings. The summed E-state index contributed by atoms with van der Waals surface area (Å²) >= 11 is 58.4. The van der Waals surface area contributed by atoms with Crippen LogP contribution in [0.1, 0.15) is 89.9 Å². The van der Waals surface area contributed by atoms with Gasteiger partial charge in [-0.05, 0) is 0 Å². The molecule has 0 saturated carbocycles. The fourth-order valence-corrected chi connectivity index (χ4v) is 12.0. The van der Waals surface area contributed by atoms with Gasteiger partial charge in [-0.2, -0.15) is 177 Å². The van der Waals surface area contributed by atoms with Crippen molar-refractivity contribution in [2.45, 2.75) is 89.9 Å². The molecule has 47 heteroatoms. The van der Waals surface area contributed by atoms with Gasteiger partial charge < -0.3 is 90.0 Å². The maximum Gasteiger partial charge on any atom is 0.306 e. The summed E-state index contributed by atoms with van der Waals surface area (Å²) in [7, 11) is 0. The first-order chi connectivity index (χ1) is 56.9. The molecule has 0 aliphatic carbocycles. The molecule has 688 valence electrons. The van der Waals surface area contributed by atoms with Crippen LogP contribution in [-0.2, 0) is 157 Å². The van der Waals surface area contributed by atoms with Crippen molar-refractivity contribution in [1.29, 1.82) is 0 Å². The van der Waals surface area contributed by atoms with Crippen molar-refractivity contribution in [3.05, 3.63) is 0 Å². The topological polar surface area (TPSA) is 414 Å². The molecule has 33 nitrogen and oxygen atoms in total. The highest BCUT2D eigenvalue weighted by Gasteiger charge is 2.46. The molecule has 0 rings (SSSR count). The van der Waals surface area contributed by atoms with Crippen LogP contribution in [0.25, 0.3) is 0 Å². The van der Waals surface area contributed by atoms with Gasteiger partial charge in [-0.15, -0.1) is 0 Å². The van der Waals surface area contributed by atoms with Crippen molar-refractivity contribution in [3.8, 4) is 0 Å². The van der Waals surface area contributed by atoms with Gasteiger partial charge in [-0.25, -0.2) is 0 Å². The third-order valence-corrected chi connectivity index (χ3v) is 19.2.